The summed E-state index contributed by atoms with van der Waals surface area (Å²) < 4.78 is 4.98. The smallest absolute Gasteiger partial charge is 0.298 e. The molecule has 1 aromatic carbocycles. The lowest BCUT2D eigenvalue weighted by Gasteiger charge is -2.06. The van der Waals surface area contributed by atoms with E-state index in [1.165, 1.54) is 51.4 Å². The van der Waals surface area contributed by atoms with Gasteiger partial charge in [0.15, 0.2) is 0 Å². The largest absolute Gasteiger partial charge is 0.428 e. The van der Waals surface area contributed by atoms with Crippen LogP contribution in [0.3, 0.4) is 0 Å². The zero-order valence-corrected chi connectivity index (χ0v) is 12.1. The Hall–Kier alpha value is -1.31. The molecule has 0 saturated carbocycles. The Bertz CT molecular complexity index is 347. The summed E-state index contributed by atoms with van der Waals surface area (Å²) >= 11 is 0. The third-order valence-corrected chi connectivity index (χ3v) is 3.45. The molecule has 0 bridgehead atoms. The molecule has 106 valence electrons. The van der Waals surface area contributed by atoms with E-state index >= 15 is 0 Å². The van der Waals surface area contributed by atoms with Crippen LogP contribution in [0.4, 0.5) is 0 Å². The quantitative estimate of drug-likeness (QED) is 0.418. The lowest BCUT2D eigenvalue weighted by molar-refractivity contribution is -0.120. The highest BCUT2D eigenvalue weighted by Crippen LogP contribution is 2.20. The second-order valence-electron chi connectivity index (χ2n) is 5.05. The van der Waals surface area contributed by atoms with Crippen LogP contribution in [0.1, 0.15) is 63.9 Å². The molecule has 0 aliphatic carbocycles. The second-order valence-corrected chi connectivity index (χ2v) is 5.05. The van der Waals surface area contributed by atoms with Crippen molar-refractivity contribution in [1.29, 1.82) is 0 Å². The van der Waals surface area contributed by atoms with Crippen molar-refractivity contribution in [2.75, 3.05) is 0 Å². The van der Waals surface area contributed by atoms with E-state index in [-0.39, 0.29) is 0 Å². The van der Waals surface area contributed by atoms with Gasteiger partial charge in [0.05, 0.1) is 0 Å². The van der Waals surface area contributed by atoms with Crippen molar-refractivity contribution >= 4 is 6.47 Å². The van der Waals surface area contributed by atoms with E-state index in [1.807, 2.05) is 24.3 Å². The fourth-order valence-electron chi connectivity index (χ4n) is 2.33. The van der Waals surface area contributed by atoms with Crippen molar-refractivity contribution in [2.24, 2.45) is 0 Å². The van der Waals surface area contributed by atoms with Crippen LogP contribution >= 0.6 is 0 Å². The first-order chi connectivity index (χ1) is 9.38. The number of benzene rings is 1. The van der Waals surface area contributed by atoms with Crippen LogP contribution in [0.5, 0.6) is 5.75 Å². The number of hydrogen-bond acceptors (Lipinski definition) is 2. The van der Waals surface area contributed by atoms with Crippen LogP contribution in [0, 0.1) is 0 Å². The summed E-state index contributed by atoms with van der Waals surface area (Å²) in [6.07, 6.45) is 11.6. The van der Waals surface area contributed by atoms with Gasteiger partial charge in [-0.15, -0.1) is 0 Å². The number of carbonyl (C=O) groups excluding carboxylic acids is 1. The number of carbonyl (C=O) groups is 1. The Morgan fingerprint density at radius 3 is 2.26 bits per heavy atom. The maximum absolute atomic E-state index is 10.4. The predicted octanol–water partition coefficient (Wildman–Crippen LogP) is 4.91. The summed E-state index contributed by atoms with van der Waals surface area (Å²) in [7, 11) is 0. The summed E-state index contributed by atoms with van der Waals surface area (Å²) in [6.45, 7) is 2.76. The summed E-state index contributed by atoms with van der Waals surface area (Å²) in [4.78, 5) is 10.4. The van der Waals surface area contributed by atoms with Gasteiger partial charge in [-0.3, -0.25) is 4.79 Å². The van der Waals surface area contributed by atoms with E-state index in [0.717, 1.165) is 12.0 Å². The van der Waals surface area contributed by atoms with Crippen molar-refractivity contribution in [3.8, 4) is 5.75 Å². The number of para-hydroxylation sites is 1. The van der Waals surface area contributed by atoms with Gasteiger partial charge < -0.3 is 4.74 Å². The second kappa shape index (κ2) is 10.6. The van der Waals surface area contributed by atoms with Crippen molar-refractivity contribution in [1.82, 2.24) is 0 Å². The van der Waals surface area contributed by atoms with Crippen LogP contribution < -0.4 is 4.74 Å². The first-order valence-corrected chi connectivity index (χ1v) is 7.56. The van der Waals surface area contributed by atoms with Crippen LogP contribution in [0.2, 0.25) is 0 Å². The van der Waals surface area contributed by atoms with Gasteiger partial charge in [0, 0.05) is 0 Å². The van der Waals surface area contributed by atoms with E-state index in [0.29, 0.717) is 12.2 Å². The zero-order chi connectivity index (χ0) is 13.8. The highest BCUT2D eigenvalue weighted by Gasteiger charge is 2.02. The van der Waals surface area contributed by atoms with Gasteiger partial charge in [0.25, 0.3) is 6.47 Å². The Labute approximate surface area is 117 Å². The molecule has 0 aliphatic heterocycles. The van der Waals surface area contributed by atoms with E-state index in [4.69, 9.17) is 4.74 Å². The molecule has 0 radical (unpaired) electrons. The standard InChI is InChI=1S/C17H26O2/c1-2-3-4-5-6-7-8-9-12-16-13-10-11-14-17(16)19-15-18/h10-11,13-15H,2-9,12H2,1H3. The fourth-order valence-corrected chi connectivity index (χ4v) is 2.33. The molecule has 2 nitrogen and oxygen atoms in total. The van der Waals surface area contributed by atoms with Gasteiger partial charge in [-0.2, -0.15) is 0 Å². The van der Waals surface area contributed by atoms with Gasteiger partial charge in [-0.05, 0) is 24.5 Å². The van der Waals surface area contributed by atoms with Crippen LogP contribution in [0.15, 0.2) is 24.3 Å². The Morgan fingerprint density at radius 1 is 0.947 bits per heavy atom. The average molecular weight is 262 g/mol. The van der Waals surface area contributed by atoms with Gasteiger partial charge in [-0.25, -0.2) is 0 Å². The predicted molar refractivity (Wildman–Crippen MR) is 79.4 cm³/mol. The van der Waals surface area contributed by atoms with E-state index in [1.54, 1.807) is 0 Å². The Morgan fingerprint density at radius 2 is 1.58 bits per heavy atom. The molecule has 0 aliphatic rings. The monoisotopic (exact) mass is 262 g/mol. The summed E-state index contributed by atoms with van der Waals surface area (Å²) in [5.74, 6) is 0.709. The Kier molecular flexibility index (Phi) is 8.78. The zero-order valence-electron chi connectivity index (χ0n) is 12.1. The third kappa shape index (κ3) is 7.00. The number of rotatable bonds is 11. The normalized spacial score (nSPS) is 10.4. The molecule has 0 spiro atoms. The molecule has 0 aromatic heterocycles. The SMILES string of the molecule is CCCCCCCCCCc1ccccc1OC=O. The maximum atomic E-state index is 10.4. The number of hydrogen-bond donors (Lipinski definition) is 0. The molecular weight excluding hydrogens is 236 g/mol. The minimum atomic E-state index is 0.507. The lowest BCUT2D eigenvalue weighted by Crippen LogP contribution is -1.95. The van der Waals surface area contributed by atoms with Gasteiger partial charge in [0.2, 0.25) is 0 Å². The molecular formula is C17H26O2. The molecule has 0 heterocycles. The molecule has 0 fully saturated rings. The number of unbranched alkanes of at least 4 members (excludes halogenated alkanes) is 7. The molecule has 1 aromatic rings. The Balaban J connectivity index is 2.13. The number of aryl methyl sites for hydroxylation is 1. The molecule has 19 heavy (non-hydrogen) atoms. The molecule has 0 N–H and O–H groups in total. The van der Waals surface area contributed by atoms with Crippen molar-refractivity contribution < 1.29 is 9.53 Å². The summed E-state index contributed by atoms with van der Waals surface area (Å²) in [5, 5.41) is 0. The van der Waals surface area contributed by atoms with Crippen LogP contribution in [-0.2, 0) is 11.2 Å². The minimum Gasteiger partial charge on any atom is -0.428 e. The summed E-state index contributed by atoms with van der Waals surface area (Å²) in [5.41, 5.74) is 1.14. The molecule has 0 unspecified atom stereocenters. The molecule has 1 rings (SSSR count). The van der Waals surface area contributed by atoms with Crippen molar-refractivity contribution in [3.05, 3.63) is 29.8 Å². The van der Waals surface area contributed by atoms with E-state index in [2.05, 4.69) is 6.92 Å². The average Bonchev–Trinajstić information content (AvgIpc) is 2.44. The molecule has 0 saturated heterocycles. The van der Waals surface area contributed by atoms with Gasteiger partial charge in [0.1, 0.15) is 5.75 Å². The van der Waals surface area contributed by atoms with E-state index in [9.17, 15) is 4.79 Å². The topological polar surface area (TPSA) is 26.3 Å². The molecule has 0 amide bonds. The number of ether oxygens (including phenoxy) is 1. The van der Waals surface area contributed by atoms with Gasteiger partial charge in [-0.1, -0.05) is 70.1 Å². The van der Waals surface area contributed by atoms with Crippen LogP contribution in [0.25, 0.3) is 0 Å². The molecule has 2 heteroatoms. The molecule has 0 atom stereocenters. The van der Waals surface area contributed by atoms with E-state index < -0.39 is 0 Å². The maximum Gasteiger partial charge on any atom is 0.298 e. The summed E-state index contributed by atoms with van der Waals surface area (Å²) in [6, 6.07) is 7.79. The lowest BCUT2D eigenvalue weighted by atomic mass is 10.0. The van der Waals surface area contributed by atoms with Crippen molar-refractivity contribution in [2.45, 2.75) is 64.7 Å². The first kappa shape index (κ1) is 15.7. The first-order valence-electron chi connectivity index (χ1n) is 7.56. The van der Waals surface area contributed by atoms with Crippen LogP contribution in [-0.4, -0.2) is 6.47 Å². The highest BCUT2D eigenvalue weighted by atomic mass is 16.5. The fraction of sp³-hybridized carbons (Fsp3) is 0.588. The minimum absolute atomic E-state index is 0.507. The van der Waals surface area contributed by atoms with Gasteiger partial charge >= 0.3 is 0 Å². The highest BCUT2D eigenvalue weighted by molar-refractivity contribution is 5.47. The third-order valence-electron chi connectivity index (χ3n) is 3.45. The van der Waals surface area contributed by atoms with Crippen molar-refractivity contribution in [3.63, 3.8) is 0 Å².